The Balaban J connectivity index is 2.15. The number of amides is 1. The summed E-state index contributed by atoms with van der Waals surface area (Å²) in [4.78, 5) is 27.3. The molecule has 1 aromatic heterocycles. The quantitative estimate of drug-likeness (QED) is 0.678. The summed E-state index contributed by atoms with van der Waals surface area (Å²) in [5.41, 5.74) is 0.817. The highest BCUT2D eigenvalue weighted by atomic mass is 35.5. The summed E-state index contributed by atoms with van der Waals surface area (Å²) in [5.74, 6) is 0.258. The number of hydrogen-bond acceptors (Lipinski definition) is 3. The summed E-state index contributed by atoms with van der Waals surface area (Å²) in [5, 5.41) is 4.89. The summed E-state index contributed by atoms with van der Waals surface area (Å²) in [6.07, 6.45) is 0. The smallest absolute Gasteiger partial charge is 0.342 e. The lowest BCUT2D eigenvalue weighted by Gasteiger charge is -2.21. The van der Waals surface area contributed by atoms with Crippen LogP contribution in [-0.4, -0.2) is 38.2 Å². The Morgan fingerprint density at radius 2 is 1.74 bits per heavy atom. The molecule has 3 aromatic rings. The largest absolute Gasteiger partial charge is 0.351 e. The average molecular weight is 385 g/mol. The molecule has 0 unspecified atom stereocenters. The molecule has 7 heteroatoms. The van der Waals surface area contributed by atoms with Crippen LogP contribution >= 0.6 is 11.6 Å². The molecule has 0 radical (unpaired) electrons. The van der Waals surface area contributed by atoms with Gasteiger partial charge in [-0.15, -0.1) is 5.10 Å². The summed E-state index contributed by atoms with van der Waals surface area (Å²) in [6, 6.07) is 16.3. The van der Waals surface area contributed by atoms with Crippen molar-refractivity contribution in [1.82, 2.24) is 19.2 Å². The normalized spacial score (nSPS) is 11.0. The molecule has 0 N–H and O–H groups in total. The van der Waals surface area contributed by atoms with Gasteiger partial charge in [-0.25, -0.2) is 4.79 Å². The fraction of sp³-hybridized carbons (Fsp3) is 0.250. The van der Waals surface area contributed by atoms with E-state index in [-0.39, 0.29) is 18.5 Å². The topological polar surface area (TPSA) is 60.1 Å². The van der Waals surface area contributed by atoms with Crippen LogP contribution in [-0.2, 0) is 11.3 Å². The predicted octanol–water partition coefficient (Wildman–Crippen LogP) is 3.22. The van der Waals surface area contributed by atoms with Gasteiger partial charge in [-0.1, -0.05) is 54.1 Å². The molecule has 140 valence electrons. The molecular weight excluding hydrogens is 364 g/mol. The van der Waals surface area contributed by atoms with Crippen LogP contribution < -0.4 is 5.69 Å². The number of likely N-dealkylation sites (N-methyl/N-ethyl adjacent to an activating group) is 1. The molecule has 3 rings (SSSR count). The highest BCUT2D eigenvalue weighted by Crippen LogP contribution is 2.21. The van der Waals surface area contributed by atoms with Crippen LogP contribution in [0.1, 0.15) is 13.8 Å². The minimum absolute atomic E-state index is 0.0343. The van der Waals surface area contributed by atoms with Crippen molar-refractivity contribution in [3.05, 3.63) is 70.1 Å². The highest BCUT2D eigenvalue weighted by Gasteiger charge is 2.21. The van der Waals surface area contributed by atoms with E-state index < -0.39 is 5.69 Å². The van der Waals surface area contributed by atoms with Gasteiger partial charge in [0, 0.05) is 18.7 Å². The van der Waals surface area contributed by atoms with Crippen molar-refractivity contribution < 1.29 is 4.79 Å². The molecule has 2 aromatic carbocycles. The van der Waals surface area contributed by atoms with Crippen molar-refractivity contribution in [2.45, 2.75) is 26.4 Å². The predicted molar refractivity (Wildman–Crippen MR) is 106 cm³/mol. The van der Waals surface area contributed by atoms with E-state index in [4.69, 9.17) is 11.6 Å². The summed E-state index contributed by atoms with van der Waals surface area (Å²) in [7, 11) is 1.72. The first-order valence-corrected chi connectivity index (χ1v) is 9.03. The van der Waals surface area contributed by atoms with Crippen molar-refractivity contribution in [3.8, 4) is 17.1 Å². The molecule has 0 fully saturated rings. The van der Waals surface area contributed by atoms with Crippen LogP contribution in [0.25, 0.3) is 17.1 Å². The van der Waals surface area contributed by atoms with Gasteiger partial charge in [-0.2, -0.15) is 4.68 Å². The zero-order valence-electron chi connectivity index (χ0n) is 15.5. The van der Waals surface area contributed by atoms with E-state index in [1.54, 1.807) is 36.2 Å². The lowest BCUT2D eigenvalue weighted by molar-refractivity contribution is -0.132. The second kappa shape index (κ2) is 7.80. The van der Waals surface area contributed by atoms with E-state index in [2.05, 4.69) is 5.10 Å². The molecule has 27 heavy (non-hydrogen) atoms. The van der Waals surface area contributed by atoms with Crippen molar-refractivity contribution in [2.75, 3.05) is 7.05 Å². The SMILES string of the molecule is CC(C)N(C)C(=O)Cn1c(-c2ccccc2)nn(-c2ccccc2Cl)c1=O. The molecule has 0 saturated carbocycles. The molecular formula is C20H21ClN4O2. The second-order valence-corrected chi connectivity index (χ2v) is 6.93. The number of aromatic nitrogens is 3. The number of para-hydroxylation sites is 1. The van der Waals surface area contributed by atoms with E-state index in [0.29, 0.717) is 16.5 Å². The number of halogens is 1. The molecule has 1 amide bonds. The summed E-state index contributed by atoms with van der Waals surface area (Å²) in [6.45, 7) is 3.75. The molecule has 0 aliphatic rings. The molecule has 0 saturated heterocycles. The van der Waals surface area contributed by atoms with E-state index >= 15 is 0 Å². The van der Waals surface area contributed by atoms with Gasteiger partial charge in [0.2, 0.25) is 5.91 Å². The maximum Gasteiger partial charge on any atom is 0.351 e. The zero-order chi connectivity index (χ0) is 19.6. The van der Waals surface area contributed by atoms with Gasteiger partial charge in [0.15, 0.2) is 5.82 Å². The van der Waals surface area contributed by atoms with Crippen molar-refractivity contribution in [2.24, 2.45) is 0 Å². The minimum atomic E-state index is -0.410. The fourth-order valence-corrected chi connectivity index (χ4v) is 2.87. The van der Waals surface area contributed by atoms with E-state index in [9.17, 15) is 9.59 Å². The lowest BCUT2D eigenvalue weighted by Crippen LogP contribution is -2.38. The number of nitrogens with zero attached hydrogens (tertiary/aromatic N) is 4. The van der Waals surface area contributed by atoms with Gasteiger partial charge in [-0.05, 0) is 26.0 Å². The maximum atomic E-state index is 13.1. The highest BCUT2D eigenvalue weighted by molar-refractivity contribution is 6.32. The van der Waals surface area contributed by atoms with Gasteiger partial charge in [0.05, 0.1) is 10.7 Å². The number of rotatable bonds is 5. The Morgan fingerprint density at radius 1 is 1.11 bits per heavy atom. The number of benzene rings is 2. The third-order valence-corrected chi connectivity index (χ3v) is 4.76. The lowest BCUT2D eigenvalue weighted by atomic mass is 10.2. The first-order chi connectivity index (χ1) is 12.9. The summed E-state index contributed by atoms with van der Waals surface area (Å²) < 4.78 is 2.63. The fourth-order valence-electron chi connectivity index (χ4n) is 2.65. The third kappa shape index (κ3) is 3.80. The maximum absolute atomic E-state index is 13.1. The molecule has 1 heterocycles. The summed E-state index contributed by atoms with van der Waals surface area (Å²) >= 11 is 6.25. The van der Waals surface area contributed by atoms with Gasteiger partial charge in [-0.3, -0.25) is 9.36 Å². The van der Waals surface area contributed by atoms with E-state index in [0.717, 1.165) is 5.56 Å². The van der Waals surface area contributed by atoms with Crippen LogP contribution in [0.15, 0.2) is 59.4 Å². The van der Waals surface area contributed by atoms with Crippen molar-refractivity contribution in [3.63, 3.8) is 0 Å². The number of carbonyl (C=O) groups is 1. The Labute approximate surface area is 162 Å². The van der Waals surface area contributed by atoms with Crippen LogP contribution in [0, 0.1) is 0 Å². The van der Waals surface area contributed by atoms with Gasteiger partial charge >= 0.3 is 5.69 Å². The van der Waals surface area contributed by atoms with Crippen LogP contribution in [0.2, 0.25) is 5.02 Å². The Kier molecular flexibility index (Phi) is 5.46. The van der Waals surface area contributed by atoms with E-state index in [1.807, 2.05) is 44.2 Å². The standard InChI is InChI=1S/C20H21ClN4O2/c1-14(2)23(3)18(26)13-24-19(15-9-5-4-6-10-15)22-25(20(24)27)17-12-8-7-11-16(17)21/h4-12,14H,13H2,1-3H3. The van der Waals surface area contributed by atoms with Crippen LogP contribution in [0.4, 0.5) is 0 Å². The van der Waals surface area contributed by atoms with Gasteiger partial charge < -0.3 is 4.90 Å². The monoisotopic (exact) mass is 384 g/mol. The van der Waals surface area contributed by atoms with Crippen LogP contribution in [0.5, 0.6) is 0 Å². The third-order valence-electron chi connectivity index (χ3n) is 4.44. The Bertz CT molecular complexity index is 1010. The molecule has 0 aliphatic heterocycles. The van der Waals surface area contributed by atoms with E-state index in [1.165, 1.54) is 9.25 Å². The Morgan fingerprint density at radius 3 is 2.37 bits per heavy atom. The zero-order valence-corrected chi connectivity index (χ0v) is 16.2. The molecule has 6 nitrogen and oxygen atoms in total. The van der Waals surface area contributed by atoms with Crippen LogP contribution in [0.3, 0.4) is 0 Å². The number of hydrogen-bond donors (Lipinski definition) is 0. The first-order valence-electron chi connectivity index (χ1n) is 8.66. The van der Waals surface area contributed by atoms with Gasteiger partial charge in [0.25, 0.3) is 0 Å². The first kappa shape index (κ1) is 18.9. The minimum Gasteiger partial charge on any atom is -0.342 e. The molecule has 0 atom stereocenters. The average Bonchev–Trinajstić information content (AvgIpc) is 2.98. The molecule has 0 bridgehead atoms. The number of carbonyl (C=O) groups excluding carboxylic acids is 1. The molecule has 0 aliphatic carbocycles. The Hall–Kier alpha value is -2.86. The van der Waals surface area contributed by atoms with Crippen molar-refractivity contribution in [1.29, 1.82) is 0 Å². The second-order valence-electron chi connectivity index (χ2n) is 6.52. The van der Waals surface area contributed by atoms with Gasteiger partial charge in [0.1, 0.15) is 6.54 Å². The molecule has 0 spiro atoms. The van der Waals surface area contributed by atoms with Crippen molar-refractivity contribution >= 4 is 17.5 Å².